The van der Waals surface area contributed by atoms with Gasteiger partial charge >= 0.3 is 17.6 Å². The highest BCUT2D eigenvalue weighted by molar-refractivity contribution is 6.03. The molecule has 9 heteroatoms. The van der Waals surface area contributed by atoms with E-state index in [1.54, 1.807) is 13.8 Å². The largest absolute Gasteiger partial charge is 0.465 e. The second-order valence-electron chi connectivity index (χ2n) is 5.83. The van der Waals surface area contributed by atoms with Gasteiger partial charge in [-0.15, -0.1) is 0 Å². The number of nitrogens with one attached hydrogen (secondary N) is 2. The third kappa shape index (κ3) is 4.43. The Morgan fingerprint density at radius 3 is 2.33 bits per heavy atom. The molecule has 144 valence electrons. The predicted octanol–water partition coefficient (Wildman–Crippen LogP) is 1.40. The highest BCUT2D eigenvalue weighted by atomic mass is 16.5. The van der Waals surface area contributed by atoms with Gasteiger partial charge in [0.2, 0.25) is 5.91 Å². The summed E-state index contributed by atoms with van der Waals surface area (Å²) in [5, 5.41) is 2.59. The van der Waals surface area contributed by atoms with Gasteiger partial charge in [-0.25, -0.2) is 14.4 Å². The summed E-state index contributed by atoms with van der Waals surface area (Å²) in [6.45, 7) is 3.72. The number of carbonyl (C=O) groups is 3. The number of H-pyrrole nitrogens is 1. The molecule has 1 amide bonds. The van der Waals surface area contributed by atoms with Crippen molar-refractivity contribution in [3.05, 3.63) is 51.2 Å². The van der Waals surface area contributed by atoms with E-state index in [0.29, 0.717) is 0 Å². The fourth-order valence-corrected chi connectivity index (χ4v) is 2.55. The van der Waals surface area contributed by atoms with Crippen LogP contribution in [-0.4, -0.2) is 41.6 Å². The van der Waals surface area contributed by atoms with Gasteiger partial charge in [0.1, 0.15) is 0 Å². The highest BCUT2D eigenvalue weighted by Crippen LogP contribution is 2.20. The van der Waals surface area contributed by atoms with E-state index >= 15 is 0 Å². The number of hydrogen-bond acceptors (Lipinski definition) is 6. The number of carbonyl (C=O) groups excluding carboxylic acids is 3. The van der Waals surface area contributed by atoms with Crippen molar-refractivity contribution in [2.45, 2.75) is 26.8 Å². The van der Waals surface area contributed by atoms with Crippen LogP contribution in [0.2, 0.25) is 0 Å². The molecule has 2 rings (SSSR count). The Labute approximate surface area is 155 Å². The zero-order valence-corrected chi connectivity index (χ0v) is 15.5. The molecule has 2 aromatic rings. The molecular weight excluding hydrogens is 354 g/mol. The number of anilines is 1. The molecule has 0 aliphatic rings. The summed E-state index contributed by atoms with van der Waals surface area (Å²) in [5.74, 6) is -1.69. The Bertz CT molecular complexity index is 941. The van der Waals surface area contributed by atoms with E-state index in [2.05, 4.69) is 15.0 Å². The lowest BCUT2D eigenvalue weighted by Crippen LogP contribution is -2.23. The quantitative estimate of drug-likeness (QED) is 0.737. The number of esters is 2. The Balaban J connectivity index is 2.20. The maximum Gasteiger partial charge on any atom is 0.339 e. The number of imidazole rings is 1. The Morgan fingerprint density at radius 2 is 1.78 bits per heavy atom. The van der Waals surface area contributed by atoms with Gasteiger partial charge in [-0.05, 0) is 32.0 Å². The number of ether oxygens (including phenoxy) is 2. The van der Waals surface area contributed by atoms with E-state index in [1.807, 2.05) is 0 Å². The van der Waals surface area contributed by atoms with E-state index in [9.17, 15) is 19.2 Å². The molecule has 0 aliphatic heterocycles. The van der Waals surface area contributed by atoms with Crippen LogP contribution in [-0.2, 0) is 20.8 Å². The summed E-state index contributed by atoms with van der Waals surface area (Å²) < 4.78 is 10.8. The van der Waals surface area contributed by atoms with Crippen LogP contribution < -0.4 is 11.0 Å². The lowest BCUT2D eigenvalue weighted by molar-refractivity contribution is -0.116. The molecule has 1 aromatic carbocycles. The average molecular weight is 375 g/mol. The van der Waals surface area contributed by atoms with Crippen molar-refractivity contribution in [3.63, 3.8) is 0 Å². The lowest BCUT2D eigenvalue weighted by atomic mass is 10.1. The van der Waals surface area contributed by atoms with Crippen molar-refractivity contribution in [2.75, 3.05) is 19.5 Å². The minimum Gasteiger partial charge on any atom is -0.465 e. The number of aryl methyl sites for hydroxylation is 1. The predicted molar refractivity (Wildman–Crippen MR) is 96.9 cm³/mol. The van der Waals surface area contributed by atoms with Crippen LogP contribution >= 0.6 is 0 Å². The fraction of sp³-hybridized carbons (Fsp3) is 0.333. The summed E-state index contributed by atoms with van der Waals surface area (Å²) in [4.78, 5) is 50.4. The van der Waals surface area contributed by atoms with E-state index in [-0.39, 0.29) is 35.5 Å². The van der Waals surface area contributed by atoms with Crippen molar-refractivity contribution in [2.24, 2.45) is 0 Å². The van der Waals surface area contributed by atoms with Gasteiger partial charge < -0.3 is 19.8 Å². The SMILES string of the molecule is COC(=O)c1ccc(C(=O)OC)c(NC(=O)CCn2c(C)c(C)[nH]c2=O)c1. The maximum atomic E-state index is 12.3. The molecule has 27 heavy (non-hydrogen) atoms. The van der Waals surface area contributed by atoms with Gasteiger partial charge in [-0.3, -0.25) is 9.36 Å². The Kier molecular flexibility index (Phi) is 6.17. The Hall–Kier alpha value is -3.36. The first-order valence-corrected chi connectivity index (χ1v) is 8.15. The minimum atomic E-state index is -0.657. The molecule has 0 bridgehead atoms. The van der Waals surface area contributed by atoms with Crippen LogP contribution in [0, 0.1) is 13.8 Å². The number of nitrogens with zero attached hydrogens (tertiary/aromatic N) is 1. The summed E-state index contributed by atoms with van der Waals surface area (Å²) in [5.41, 5.74) is 1.60. The van der Waals surface area contributed by atoms with E-state index in [0.717, 1.165) is 11.4 Å². The van der Waals surface area contributed by atoms with Crippen LogP contribution in [0.4, 0.5) is 5.69 Å². The van der Waals surface area contributed by atoms with Gasteiger partial charge in [0.25, 0.3) is 0 Å². The van der Waals surface area contributed by atoms with Gasteiger partial charge in [0.15, 0.2) is 0 Å². The number of amides is 1. The highest BCUT2D eigenvalue weighted by Gasteiger charge is 2.18. The number of methoxy groups -OCH3 is 2. The molecule has 0 atom stereocenters. The second-order valence-corrected chi connectivity index (χ2v) is 5.83. The van der Waals surface area contributed by atoms with Gasteiger partial charge in [0.05, 0.1) is 31.0 Å². The molecule has 2 N–H and O–H groups in total. The Morgan fingerprint density at radius 1 is 1.11 bits per heavy atom. The molecular formula is C18H21N3O6. The second kappa shape index (κ2) is 8.35. The fourth-order valence-electron chi connectivity index (χ4n) is 2.55. The molecule has 1 heterocycles. The minimum absolute atomic E-state index is 0.00110. The van der Waals surface area contributed by atoms with Crippen molar-refractivity contribution in [1.29, 1.82) is 0 Å². The van der Waals surface area contributed by atoms with Crippen LogP contribution in [0.3, 0.4) is 0 Å². The van der Waals surface area contributed by atoms with Crippen LogP contribution in [0.1, 0.15) is 38.5 Å². The van der Waals surface area contributed by atoms with Crippen LogP contribution in [0.15, 0.2) is 23.0 Å². The topological polar surface area (TPSA) is 119 Å². The molecule has 0 unspecified atom stereocenters. The monoisotopic (exact) mass is 375 g/mol. The number of rotatable bonds is 6. The molecule has 0 spiro atoms. The maximum absolute atomic E-state index is 12.3. The summed E-state index contributed by atoms with van der Waals surface area (Å²) >= 11 is 0. The molecule has 9 nitrogen and oxygen atoms in total. The van der Waals surface area contributed by atoms with Crippen molar-refractivity contribution >= 4 is 23.5 Å². The summed E-state index contributed by atoms with van der Waals surface area (Å²) in [6, 6.07) is 4.12. The summed E-state index contributed by atoms with van der Waals surface area (Å²) in [6.07, 6.45) is 0.00110. The average Bonchev–Trinajstić information content (AvgIpc) is 2.90. The van der Waals surface area contributed by atoms with Gasteiger partial charge in [-0.2, -0.15) is 0 Å². The first-order chi connectivity index (χ1) is 12.8. The number of aromatic nitrogens is 2. The molecule has 0 saturated carbocycles. The lowest BCUT2D eigenvalue weighted by Gasteiger charge is -2.12. The zero-order valence-electron chi connectivity index (χ0n) is 15.5. The molecule has 0 aliphatic carbocycles. The van der Waals surface area contributed by atoms with E-state index in [4.69, 9.17) is 4.74 Å². The standard InChI is InChI=1S/C18H21N3O6/c1-10-11(2)21(18(25)19-10)8-7-15(22)20-14-9-12(16(23)26-3)5-6-13(14)17(24)27-4/h5-6,9H,7-8H2,1-4H3,(H,19,25)(H,20,22). The van der Waals surface area contributed by atoms with Crippen LogP contribution in [0.5, 0.6) is 0 Å². The number of hydrogen-bond donors (Lipinski definition) is 2. The number of aromatic amines is 1. The van der Waals surface area contributed by atoms with Crippen molar-refractivity contribution < 1.29 is 23.9 Å². The smallest absolute Gasteiger partial charge is 0.339 e. The van der Waals surface area contributed by atoms with Crippen molar-refractivity contribution in [3.8, 4) is 0 Å². The van der Waals surface area contributed by atoms with E-state index < -0.39 is 17.8 Å². The third-order valence-electron chi connectivity index (χ3n) is 4.17. The van der Waals surface area contributed by atoms with Crippen LogP contribution in [0.25, 0.3) is 0 Å². The first-order valence-electron chi connectivity index (χ1n) is 8.15. The summed E-state index contributed by atoms with van der Waals surface area (Å²) in [7, 11) is 2.44. The molecule has 0 radical (unpaired) electrons. The van der Waals surface area contributed by atoms with E-state index in [1.165, 1.54) is 37.0 Å². The van der Waals surface area contributed by atoms with Gasteiger partial charge in [-0.1, -0.05) is 0 Å². The first kappa shape index (κ1) is 20.0. The molecule has 1 aromatic heterocycles. The van der Waals surface area contributed by atoms with Gasteiger partial charge in [0, 0.05) is 24.4 Å². The van der Waals surface area contributed by atoms with Crippen molar-refractivity contribution in [1.82, 2.24) is 9.55 Å². The molecule has 0 saturated heterocycles. The zero-order chi connectivity index (χ0) is 20.1. The third-order valence-corrected chi connectivity index (χ3v) is 4.17. The molecule has 0 fully saturated rings. The normalized spacial score (nSPS) is 10.4. The number of benzene rings is 1.